The molecule has 0 aliphatic rings. The molecule has 0 N–H and O–H groups in total. The summed E-state index contributed by atoms with van der Waals surface area (Å²) in [6.45, 7) is 1.84. The minimum Gasteiger partial charge on any atom is -0.247 e. The molecular weight excluding hydrogens is 213 g/mol. The highest BCUT2D eigenvalue weighted by molar-refractivity contribution is 7.92. The molecule has 0 unspecified atom stereocenters. The molecule has 0 spiro atoms. The van der Waals surface area contributed by atoms with Gasteiger partial charge in [0.05, 0.1) is 5.39 Å². The largest absolute Gasteiger partial charge is 0.247 e. The first-order valence-corrected chi connectivity index (χ1v) is 4.56. The quantitative estimate of drug-likeness (QED) is 0.689. The number of aromatic nitrogens is 3. The Kier molecular flexibility index (Phi) is 2.13. The molecule has 68 valence electrons. The van der Waals surface area contributed by atoms with E-state index in [-0.39, 0.29) is 12.3 Å². The fourth-order valence-electron chi connectivity index (χ4n) is 1.22. The van der Waals surface area contributed by atoms with E-state index in [4.69, 9.17) is 11.6 Å². The van der Waals surface area contributed by atoms with Crippen molar-refractivity contribution in [2.45, 2.75) is 6.92 Å². The van der Waals surface area contributed by atoms with E-state index in [1.165, 1.54) is 10.3 Å². The van der Waals surface area contributed by atoms with E-state index in [1.54, 1.807) is 6.20 Å². The van der Waals surface area contributed by atoms with Gasteiger partial charge in [-0.3, -0.25) is 0 Å². The maximum absolute atomic E-state index is 12.4. The average molecular weight is 218 g/mol. The van der Waals surface area contributed by atoms with Gasteiger partial charge in [0.25, 0.3) is 0 Å². The molecule has 2 heterocycles. The van der Waals surface area contributed by atoms with E-state index < -0.39 is 0 Å². The average Bonchev–Trinajstić information content (AvgIpc) is 2.44. The summed E-state index contributed by atoms with van der Waals surface area (Å²) in [4.78, 5) is 7.77. The van der Waals surface area contributed by atoms with Crippen LogP contribution in [0.25, 0.3) is 11.0 Å². The zero-order chi connectivity index (χ0) is 9.42. The Morgan fingerprint density at radius 1 is 1.54 bits per heavy atom. The molecule has 0 bridgehead atoms. The van der Waals surface area contributed by atoms with Crippen LogP contribution in [0.1, 0.15) is 5.56 Å². The molecule has 0 aliphatic carbocycles. The van der Waals surface area contributed by atoms with Gasteiger partial charge in [-0.1, -0.05) is 11.6 Å². The van der Waals surface area contributed by atoms with Crippen LogP contribution in [0.5, 0.6) is 0 Å². The second kappa shape index (κ2) is 3.16. The number of nitrogens with zero attached hydrogens (tertiary/aromatic N) is 3. The molecule has 0 radical (unpaired) electrons. The molecule has 2 aromatic rings. The Hall–Kier alpha value is -0.810. The third-order valence-electron chi connectivity index (χ3n) is 1.77. The molecule has 0 fully saturated rings. The summed E-state index contributed by atoms with van der Waals surface area (Å²) in [6, 6.07) is 0. The highest BCUT2D eigenvalue weighted by Gasteiger charge is 2.10. The SMILES string of the molecule is Cc1cn(SF)c2ncnc(Cl)c12. The summed E-state index contributed by atoms with van der Waals surface area (Å²) in [5.74, 6) is 0. The van der Waals surface area contributed by atoms with Crippen LogP contribution in [-0.4, -0.2) is 13.9 Å². The van der Waals surface area contributed by atoms with Crippen LogP contribution in [0.3, 0.4) is 0 Å². The highest BCUT2D eigenvalue weighted by Crippen LogP contribution is 2.27. The molecule has 0 atom stereocenters. The predicted molar refractivity (Wildman–Crippen MR) is 51.4 cm³/mol. The first-order chi connectivity index (χ1) is 6.24. The molecule has 3 nitrogen and oxygen atoms in total. The topological polar surface area (TPSA) is 30.7 Å². The van der Waals surface area contributed by atoms with Crippen LogP contribution >= 0.6 is 23.9 Å². The van der Waals surface area contributed by atoms with Crippen molar-refractivity contribution in [1.29, 1.82) is 0 Å². The van der Waals surface area contributed by atoms with Gasteiger partial charge in [-0.2, -0.15) is 0 Å². The minimum atomic E-state index is 0.0956. The van der Waals surface area contributed by atoms with Crippen molar-refractivity contribution >= 4 is 35.0 Å². The zero-order valence-corrected chi connectivity index (χ0v) is 8.23. The van der Waals surface area contributed by atoms with E-state index in [9.17, 15) is 3.89 Å². The molecule has 0 saturated heterocycles. The van der Waals surface area contributed by atoms with E-state index in [2.05, 4.69) is 9.97 Å². The predicted octanol–water partition coefficient (Wildman–Crippen LogP) is 2.77. The van der Waals surface area contributed by atoms with Crippen LogP contribution in [0.2, 0.25) is 5.15 Å². The lowest BCUT2D eigenvalue weighted by atomic mass is 10.3. The first-order valence-electron chi connectivity index (χ1n) is 3.51. The third-order valence-corrected chi connectivity index (χ3v) is 2.48. The molecule has 13 heavy (non-hydrogen) atoms. The Bertz CT molecular complexity index is 456. The number of rotatable bonds is 1. The third kappa shape index (κ3) is 1.28. The molecular formula is C7H5ClFN3S. The molecule has 6 heteroatoms. The van der Waals surface area contributed by atoms with Gasteiger partial charge in [0.2, 0.25) is 0 Å². The van der Waals surface area contributed by atoms with Crippen molar-refractivity contribution in [3.05, 3.63) is 23.2 Å². The molecule has 0 saturated carbocycles. The summed E-state index contributed by atoms with van der Waals surface area (Å²) >= 11 is 5.93. The van der Waals surface area contributed by atoms with Crippen LogP contribution in [0, 0.1) is 6.92 Å². The Balaban J connectivity index is 2.87. The molecule has 0 aliphatic heterocycles. The lowest BCUT2D eigenvalue weighted by Gasteiger charge is -1.94. The number of halogens is 2. The zero-order valence-electron chi connectivity index (χ0n) is 6.66. The Morgan fingerprint density at radius 3 is 3.00 bits per heavy atom. The smallest absolute Gasteiger partial charge is 0.171 e. The molecule has 2 rings (SSSR count). The lowest BCUT2D eigenvalue weighted by Crippen LogP contribution is -1.85. The van der Waals surface area contributed by atoms with Gasteiger partial charge in [0.15, 0.2) is 18.0 Å². The van der Waals surface area contributed by atoms with E-state index in [0.717, 1.165) is 5.56 Å². The van der Waals surface area contributed by atoms with Gasteiger partial charge >= 0.3 is 0 Å². The second-order valence-corrected chi connectivity index (χ2v) is 3.46. The van der Waals surface area contributed by atoms with Gasteiger partial charge in [-0.25, -0.2) is 13.9 Å². The van der Waals surface area contributed by atoms with E-state index in [0.29, 0.717) is 16.2 Å². The van der Waals surface area contributed by atoms with Crippen LogP contribution in [-0.2, 0) is 0 Å². The van der Waals surface area contributed by atoms with Gasteiger partial charge < -0.3 is 0 Å². The van der Waals surface area contributed by atoms with Crippen molar-refractivity contribution in [3.63, 3.8) is 0 Å². The number of fused-ring (bicyclic) bond motifs is 1. The van der Waals surface area contributed by atoms with Crippen molar-refractivity contribution in [2.75, 3.05) is 0 Å². The summed E-state index contributed by atoms with van der Waals surface area (Å²) in [5.41, 5.74) is 1.37. The maximum atomic E-state index is 12.4. The van der Waals surface area contributed by atoms with E-state index >= 15 is 0 Å². The summed E-state index contributed by atoms with van der Waals surface area (Å²) in [6.07, 6.45) is 2.95. The number of aryl methyl sites for hydroxylation is 1. The fourth-order valence-corrected chi connectivity index (χ4v) is 1.89. The molecule has 0 amide bonds. The van der Waals surface area contributed by atoms with E-state index in [1.807, 2.05) is 6.92 Å². The standard InChI is InChI=1S/C7H5ClFN3S/c1-4-2-12(13-9)7-5(4)6(8)10-3-11-7/h2-3H,1H3. The van der Waals surface area contributed by atoms with Crippen molar-refractivity contribution in [1.82, 2.24) is 13.9 Å². The van der Waals surface area contributed by atoms with Crippen molar-refractivity contribution in [2.24, 2.45) is 0 Å². The molecule has 0 aromatic carbocycles. The van der Waals surface area contributed by atoms with Gasteiger partial charge in [-0.05, 0) is 12.5 Å². The first kappa shape index (κ1) is 8.77. The van der Waals surface area contributed by atoms with Crippen molar-refractivity contribution < 1.29 is 3.89 Å². The summed E-state index contributed by atoms with van der Waals surface area (Å²) in [7, 11) is 0. The summed E-state index contributed by atoms with van der Waals surface area (Å²) in [5, 5.41) is 1.06. The maximum Gasteiger partial charge on any atom is 0.171 e. The Labute approximate surface area is 83.4 Å². The fraction of sp³-hybridized carbons (Fsp3) is 0.143. The number of hydrogen-bond acceptors (Lipinski definition) is 3. The second-order valence-electron chi connectivity index (χ2n) is 2.57. The minimum absolute atomic E-state index is 0.0956. The Morgan fingerprint density at radius 2 is 2.31 bits per heavy atom. The summed E-state index contributed by atoms with van der Waals surface area (Å²) < 4.78 is 13.7. The van der Waals surface area contributed by atoms with Gasteiger partial charge in [0.1, 0.15) is 11.5 Å². The van der Waals surface area contributed by atoms with Gasteiger partial charge in [0, 0.05) is 6.20 Å². The molecule has 2 aromatic heterocycles. The van der Waals surface area contributed by atoms with Crippen LogP contribution < -0.4 is 0 Å². The van der Waals surface area contributed by atoms with Crippen molar-refractivity contribution in [3.8, 4) is 0 Å². The highest BCUT2D eigenvalue weighted by atomic mass is 35.5. The van der Waals surface area contributed by atoms with Crippen LogP contribution in [0.15, 0.2) is 12.5 Å². The normalized spacial score (nSPS) is 11.0. The lowest BCUT2D eigenvalue weighted by molar-refractivity contribution is 0.918. The monoisotopic (exact) mass is 217 g/mol. The number of hydrogen-bond donors (Lipinski definition) is 0. The van der Waals surface area contributed by atoms with Gasteiger partial charge in [-0.15, -0.1) is 3.89 Å². The van der Waals surface area contributed by atoms with Crippen LogP contribution in [0.4, 0.5) is 3.89 Å².